The third-order valence-corrected chi connectivity index (χ3v) is 1.94. The molecule has 70 valence electrons. The van der Waals surface area contributed by atoms with Crippen LogP contribution in [0.3, 0.4) is 0 Å². The van der Waals surface area contributed by atoms with E-state index in [9.17, 15) is 10.1 Å². The fourth-order valence-corrected chi connectivity index (χ4v) is 1.40. The zero-order valence-corrected chi connectivity index (χ0v) is 8.35. The van der Waals surface area contributed by atoms with E-state index in [1.165, 1.54) is 11.1 Å². The quantitative estimate of drug-likeness (QED) is 0.479. The highest BCUT2D eigenvalue weighted by Gasteiger charge is 2.11. The lowest BCUT2D eigenvalue weighted by Gasteiger charge is -2.11. The molecule has 1 aromatic heterocycles. The Morgan fingerprint density at radius 1 is 1.77 bits per heavy atom. The van der Waals surface area contributed by atoms with E-state index in [4.69, 9.17) is 5.84 Å². The molecule has 7 heteroatoms. The second-order valence-electron chi connectivity index (χ2n) is 2.37. The van der Waals surface area contributed by atoms with Gasteiger partial charge in [-0.25, -0.2) is 10.8 Å². The molecule has 0 saturated heterocycles. The Morgan fingerprint density at radius 2 is 2.38 bits per heavy atom. The monoisotopic (exact) mass is 246 g/mol. The van der Waals surface area contributed by atoms with Gasteiger partial charge in [-0.2, -0.15) is 0 Å². The number of hydrogen-bond acceptors (Lipinski definition) is 5. The number of nitro groups is 1. The number of rotatable bonds is 2. The summed E-state index contributed by atoms with van der Waals surface area (Å²) in [6.45, 7) is 0. The second-order valence-corrected chi connectivity index (χ2v) is 3.22. The number of hydrazine groups is 1. The fraction of sp³-hybridized carbons (Fsp3) is 0.167. The minimum atomic E-state index is -0.516. The molecule has 0 aliphatic rings. The van der Waals surface area contributed by atoms with Gasteiger partial charge in [-0.1, -0.05) is 0 Å². The summed E-state index contributed by atoms with van der Waals surface area (Å²) in [6.07, 6.45) is 1.16. The molecule has 0 saturated carbocycles. The van der Waals surface area contributed by atoms with Crippen molar-refractivity contribution in [1.82, 2.24) is 4.98 Å². The summed E-state index contributed by atoms with van der Waals surface area (Å²) in [5, 5.41) is 11.6. The summed E-state index contributed by atoms with van der Waals surface area (Å²) in [7, 11) is 1.60. The van der Waals surface area contributed by atoms with Crippen LogP contribution in [0.25, 0.3) is 0 Å². The Bertz CT molecular complexity index is 341. The lowest BCUT2D eigenvalue weighted by molar-refractivity contribution is -0.385. The third kappa shape index (κ3) is 2.13. The van der Waals surface area contributed by atoms with Crippen LogP contribution in [0, 0.1) is 10.1 Å². The minimum absolute atomic E-state index is 0.0718. The first-order valence-corrected chi connectivity index (χ1v) is 4.10. The van der Waals surface area contributed by atoms with E-state index in [1.54, 1.807) is 7.05 Å². The lowest BCUT2D eigenvalue weighted by atomic mass is 10.4. The second kappa shape index (κ2) is 3.67. The first-order chi connectivity index (χ1) is 6.02. The van der Waals surface area contributed by atoms with Crippen LogP contribution in [0.4, 0.5) is 11.5 Å². The Hall–Kier alpha value is -1.21. The summed E-state index contributed by atoms with van der Waals surface area (Å²) in [6, 6.07) is 1.35. The molecule has 0 unspecified atom stereocenters. The molecule has 0 radical (unpaired) electrons. The van der Waals surface area contributed by atoms with Crippen LogP contribution in [-0.4, -0.2) is 17.0 Å². The van der Waals surface area contributed by atoms with E-state index >= 15 is 0 Å². The predicted octanol–water partition coefficient (Wildman–Crippen LogP) is 1.06. The van der Waals surface area contributed by atoms with E-state index in [2.05, 4.69) is 20.9 Å². The van der Waals surface area contributed by atoms with Crippen LogP contribution < -0.4 is 10.9 Å². The van der Waals surface area contributed by atoms with Gasteiger partial charge in [0.25, 0.3) is 5.69 Å². The van der Waals surface area contributed by atoms with Gasteiger partial charge in [0.1, 0.15) is 6.20 Å². The Morgan fingerprint density at radius 3 is 2.77 bits per heavy atom. The molecule has 1 aromatic rings. The maximum atomic E-state index is 10.3. The molecular formula is C6H7BrN4O2. The van der Waals surface area contributed by atoms with E-state index < -0.39 is 4.92 Å². The standard InChI is InChI=1S/C6H7BrN4O2/c1-10(8)6-5(7)2-4(3-9-6)11(12)13/h2-3H,8H2,1H3. The van der Waals surface area contributed by atoms with Crippen molar-refractivity contribution in [3.05, 3.63) is 26.9 Å². The van der Waals surface area contributed by atoms with Crippen molar-refractivity contribution < 1.29 is 4.92 Å². The molecule has 1 heterocycles. The van der Waals surface area contributed by atoms with Crippen molar-refractivity contribution in [3.63, 3.8) is 0 Å². The topological polar surface area (TPSA) is 85.3 Å². The van der Waals surface area contributed by atoms with Crippen LogP contribution in [0.5, 0.6) is 0 Å². The molecule has 0 bridgehead atoms. The van der Waals surface area contributed by atoms with Crippen molar-refractivity contribution in [2.75, 3.05) is 12.1 Å². The molecule has 0 aromatic carbocycles. The fourth-order valence-electron chi connectivity index (χ4n) is 0.780. The van der Waals surface area contributed by atoms with E-state index in [0.717, 1.165) is 6.20 Å². The smallest absolute Gasteiger partial charge is 0.288 e. The summed E-state index contributed by atoms with van der Waals surface area (Å²) in [5.41, 5.74) is -0.0718. The Balaban J connectivity index is 3.13. The zero-order chi connectivity index (χ0) is 10.0. The first-order valence-electron chi connectivity index (χ1n) is 3.30. The van der Waals surface area contributed by atoms with Crippen molar-refractivity contribution in [1.29, 1.82) is 0 Å². The summed E-state index contributed by atoms with van der Waals surface area (Å²) in [4.78, 5) is 13.6. The third-order valence-electron chi connectivity index (χ3n) is 1.35. The van der Waals surface area contributed by atoms with Gasteiger partial charge in [0.2, 0.25) is 0 Å². The van der Waals surface area contributed by atoms with Crippen LogP contribution in [0.2, 0.25) is 0 Å². The average molecular weight is 247 g/mol. The highest BCUT2D eigenvalue weighted by molar-refractivity contribution is 9.10. The number of hydrogen-bond donors (Lipinski definition) is 1. The van der Waals surface area contributed by atoms with Crippen LogP contribution in [0.1, 0.15) is 0 Å². The van der Waals surface area contributed by atoms with Gasteiger partial charge in [0.15, 0.2) is 5.82 Å². The first kappa shape index (κ1) is 9.87. The minimum Gasteiger partial charge on any atom is -0.297 e. The highest BCUT2D eigenvalue weighted by atomic mass is 79.9. The van der Waals surface area contributed by atoms with Crippen molar-refractivity contribution in [3.8, 4) is 0 Å². The van der Waals surface area contributed by atoms with Gasteiger partial charge in [0, 0.05) is 13.1 Å². The van der Waals surface area contributed by atoms with Crippen LogP contribution >= 0.6 is 15.9 Å². The molecule has 0 fully saturated rings. The van der Waals surface area contributed by atoms with Crippen molar-refractivity contribution in [2.45, 2.75) is 0 Å². The Kier molecular flexibility index (Phi) is 2.79. The molecule has 0 atom stereocenters. The van der Waals surface area contributed by atoms with Gasteiger partial charge in [-0.05, 0) is 15.9 Å². The largest absolute Gasteiger partial charge is 0.297 e. The van der Waals surface area contributed by atoms with Crippen molar-refractivity contribution >= 4 is 27.4 Å². The van der Waals surface area contributed by atoms with Gasteiger partial charge < -0.3 is 0 Å². The summed E-state index contributed by atoms with van der Waals surface area (Å²) < 4.78 is 0.492. The molecule has 0 aliphatic carbocycles. The normalized spacial score (nSPS) is 9.77. The summed E-state index contributed by atoms with van der Waals surface area (Å²) >= 11 is 3.13. The number of aromatic nitrogens is 1. The maximum Gasteiger partial charge on any atom is 0.288 e. The number of halogens is 1. The highest BCUT2D eigenvalue weighted by Crippen LogP contribution is 2.25. The van der Waals surface area contributed by atoms with Crippen LogP contribution in [-0.2, 0) is 0 Å². The van der Waals surface area contributed by atoms with Gasteiger partial charge >= 0.3 is 0 Å². The molecular weight excluding hydrogens is 240 g/mol. The van der Waals surface area contributed by atoms with E-state index in [0.29, 0.717) is 10.3 Å². The zero-order valence-electron chi connectivity index (χ0n) is 6.77. The molecule has 0 spiro atoms. The molecule has 13 heavy (non-hydrogen) atoms. The predicted molar refractivity (Wildman–Crippen MR) is 51.2 cm³/mol. The molecule has 0 aliphatic heterocycles. The van der Waals surface area contributed by atoms with Gasteiger partial charge in [-0.3, -0.25) is 15.1 Å². The Labute approximate surface area is 82.6 Å². The number of anilines is 1. The number of pyridine rings is 1. The van der Waals surface area contributed by atoms with Gasteiger partial charge in [-0.15, -0.1) is 0 Å². The molecule has 2 N–H and O–H groups in total. The van der Waals surface area contributed by atoms with Crippen LogP contribution in [0.15, 0.2) is 16.7 Å². The average Bonchev–Trinajstić information content (AvgIpc) is 2.03. The molecule has 6 nitrogen and oxygen atoms in total. The van der Waals surface area contributed by atoms with Crippen molar-refractivity contribution in [2.24, 2.45) is 5.84 Å². The van der Waals surface area contributed by atoms with Gasteiger partial charge in [0.05, 0.1) is 9.40 Å². The molecule has 0 amide bonds. The number of nitrogens with two attached hydrogens (primary N) is 1. The molecule has 1 rings (SSSR count). The maximum absolute atomic E-state index is 10.3. The SMILES string of the molecule is CN(N)c1ncc([N+](=O)[O-])cc1Br. The number of nitrogens with zero attached hydrogens (tertiary/aromatic N) is 3. The lowest BCUT2D eigenvalue weighted by Crippen LogP contribution is -2.26. The van der Waals surface area contributed by atoms with E-state index in [-0.39, 0.29) is 5.69 Å². The summed E-state index contributed by atoms with van der Waals surface area (Å²) in [5.74, 6) is 5.86. The van der Waals surface area contributed by atoms with E-state index in [1.807, 2.05) is 0 Å².